The summed E-state index contributed by atoms with van der Waals surface area (Å²) >= 11 is 0. The maximum absolute atomic E-state index is 13.2. The SMILES string of the molecule is O=C1c2ccccc2-c2c1c1[nH]c3ccccc3c1c1ccccc21. The average molecular weight is 319 g/mol. The van der Waals surface area contributed by atoms with Gasteiger partial charge in [0.1, 0.15) is 0 Å². The second kappa shape index (κ2) is 4.37. The van der Waals surface area contributed by atoms with Crippen LogP contribution in [0.3, 0.4) is 0 Å². The average Bonchev–Trinajstić information content (AvgIpc) is 3.19. The standard InChI is InChI=1S/C23H13NO/c25-23-16-10-4-3-9-15(16)19-13-7-1-2-8-14(13)20-17-11-5-6-12-18(17)24-22(20)21(19)23/h1-12,24H. The first-order valence-electron chi connectivity index (χ1n) is 8.44. The lowest BCUT2D eigenvalue weighted by molar-refractivity contribution is 0.104. The number of hydrogen-bond acceptors (Lipinski definition) is 1. The topological polar surface area (TPSA) is 32.9 Å². The molecule has 1 aliphatic rings. The van der Waals surface area contributed by atoms with E-state index in [0.717, 1.165) is 44.1 Å². The number of nitrogens with one attached hydrogen (secondary N) is 1. The van der Waals surface area contributed by atoms with E-state index < -0.39 is 0 Å². The van der Waals surface area contributed by atoms with Crippen molar-refractivity contribution < 1.29 is 4.79 Å². The highest BCUT2D eigenvalue weighted by molar-refractivity contribution is 6.36. The Morgan fingerprint density at radius 3 is 2.08 bits per heavy atom. The van der Waals surface area contributed by atoms with Crippen molar-refractivity contribution in [1.29, 1.82) is 0 Å². The van der Waals surface area contributed by atoms with Crippen molar-refractivity contribution in [1.82, 2.24) is 4.98 Å². The van der Waals surface area contributed by atoms with Gasteiger partial charge in [-0.2, -0.15) is 0 Å². The van der Waals surface area contributed by atoms with Crippen LogP contribution >= 0.6 is 0 Å². The van der Waals surface area contributed by atoms with E-state index in [1.165, 1.54) is 10.8 Å². The monoisotopic (exact) mass is 319 g/mol. The van der Waals surface area contributed by atoms with Crippen molar-refractivity contribution in [2.24, 2.45) is 0 Å². The van der Waals surface area contributed by atoms with Crippen molar-refractivity contribution in [3.8, 4) is 11.1 Å². The molecular weight excluding hydrogens is 306 g/mol. The fourth-order valence-electron chi connectivity index (χ4n) is 4.33. The minimum Gasteiger partial charge on any atom is -0.354 e. The van der Waals surface area contributed by atoms with Crippen LogP contribution in [0.2, 0.25) is 0 Å². The first kappa shape index (κ1) is 13.0. The van der Waals surface area contributed by atoms with E-state index in [9.17, 15) is 4.79 Å². The summed E-state index contributed by atoms with van der Waals surface area (Å²) in [5.74, 6) is 0.118. The third-order valence-electron chi connectivity index (χ3n) is 5.34. The molecule has 4 aromatic carbocycles. The number of carbonyl (C=O) groups is 1. The van der Waals surface area contributed by atoms with Crippen molar-refractivity contribution in [2.75, 3.05) is 0 Å². The van der Waals surface area contributed by atoms with E-state index in [1.54, 1.807) is 0 Å². The van der Waals surface area contributed by atoms with Gasteiger partial charge in [-0.25, -0.2) is 0 Å². The molecule has 0 spiro atoms. The van der Waals surface area contributed by atoms with Crippen molar-refractivity contribution in [3.63, 3.8) is 0 Å². The molecule has 0 unspecified atom stereocenters. The van der Waals surface area contributed by atoms with Gasteiger partial charge in [0, 0.05) is 27.4 Å². The minimum absolute atomic E-state index is 0.118. The molecule has 0 saturated heterocycles. The van der Waals surface area contributed by atoms with Crippen LogP contribution in [0.15, 0.2) is 72.8 Å². The predicted octanol–water partition coefficient (Wildman–Crippen LogP) is 5.69. The summed E-state index contributed by atoms with van der Waals surface area (Å²) < 4.78 is 0. The van der Waals surface area contributed by atoms with Gasteiger partial charge < -0.3 is 4.98 Å². The van der Waals surface area contributed by atoms with Gasteiger partial charge in [-0.3, -0.25) is 4.79 Å². The first-order valence-corrected chi connectivity index (χ1v) is 8.44. The molecule has 0 bridgehead atoms. The molecule has 0 fully saturated rings. The van der Waals surface area contributed by atoms with Gasteiger partial charge in [-0.05, 0) is 22.4 Å². The molecule has 0 saturated carbocycles. The summed E-state index contributed by atoms with van der Waals surface area (Å²) in [5, 5.41) is 4.65. The lowest BCUT2D eigenvalue weighted by Crippen LogP contribution is -1.96. The first-order chi connectivity index (χ1) is 12.3. The quantitative estimate of drug-likeness (QED) is 0.383. The Bertz CT molecular complexity index is 1360. The maximum Gasteiger partial charge on any atom is 0.196 e. The zero-order valence-corrected chi connectivity index (χ0v) is 13.3. The Labute approximate surface area is 143 Å². The molecule has 0 aliphatic heterocycles. The number of rotatable bonds is 0. The molecule has 0 amide bonds. The van der Waals surface area contributed by atoms with Gasteiger partial charge in [-0.15, -0.1) is 0 Å². The summed E-state index contributed by atoms with van der Waals surface area (Å²) in [6, 6.07) is 24.6. The number of benzene rings is 4. The zero-order valence-electron chi connectivity index (χ0n) is 13.3. The zero-order chi connectivity index (χ0) is 16.5. The molecule has 1 heterocycles. The van der Waals surface area contributed by atoms with Crippen molar-refractivity contribution in [2.45, 2.75) is 0 Å². The van der Waals surface area contributed by atoms with E-state index >= 15 is 0 Å². The van der Waals surface area contributed by atoms with Crippen LogP contribution in [0, 0.1) is 0 Å². The van der Waals surface area contributed by atoms with Gasteiger partial charge in [0.15, 0.2) is 5.78 Å². The van der Waals surface area contributed by atoms with E-state index in [2.05, 4.69) is 47.4 Å². The van der Waals surface area contributed by atoms with Crippen LogP contribution in [0.4, 0.5) is 0 Å². The van der Waals surface area contributed by atoms with Gasteiger partial charge in [-0.1, -0.05) is 66.7 Å². The largest absolute Gasteiger partial charge is 0.354 e. The van der Waals surface area contributed by atoms with E-state index in [-0.39, 0.29) is 5.78 Å². The summed E-state index contributed by atoms with van der Waals surface area (Å²) in [6.07, 6.45) is 0. The molecule has 0 atom stereocenters. The lowest BCUT2D eigenvalue weighted by Gasteiger charge is -2.08. The van der Waals surface area contributed by atoms with E-state index in [4.69, 9.17) is 0 Å². The van der Waals surface area contributed by atoms with E-state index in [0.29, 0.717) is 0 Å². The number of carbonyl (C=O) groups excluding carboxylic acids is 1. The summed E-state index contributed by atoms with van der Waals surface area (Å²) in [7, 11) is 0. The van der Waals surface area contributed by atoms with Gasteiger partial charge in [0.2, 0.25) is 0 Å². The highest BCUT2D eigenvalue weighted by atomic mass is 16.1. The molecule has 1 aromatic heterocycles. The highest BCUT2D eigenvalue weighted by Gasteiger charge is 2.31. The fourth-order valence-corrected chi connectivity index (χ4v) is 4.33. The molecule has 0 radical (unpaired) electrons. The molecule has 25 heavy (non-hydrogen) atoms. The van der Waals surface area contributed by atoms with Crippen LogP contribution in [-0.4, -0.2) is 10.8 Å². The fraction of sp³-hybridized carbons (Fsp3) is 0. The second-order valence-corrected chi connectivity index (χ2v) is 6.59. The molecule has 2 heteroatoms. The minimum atomic E-state index is 0.118. The summed E-state index contributed by atoms with van der Waals surface area (Å²) in [5.41, 5.74) is 5.74. The highest BCUT2D eigenvalue weighted by Crippen LogP contribution is 2.47. The number of hydrogen-bond donors (Lipinski definition) is 1. The van der Waals surface area contributed by atoms with Crippen molar-refractivity contribution >= 4 is 38.4 Å². The Hall–Kier alpha value is -3.39. The third-order valence-corrected chi connectivity index (χ3v) is 5.34. The second-order valence-electron chi connectivity index (χ2n) is 6.59. The van der Waals surface area contributed by atoms with Gasteiger partial charge >= 0.3 is 0 Å². The maximum atomic E-state index is 13.2. The third kappa shape index (κ3) is 1.47. The molecule has 1 aliphatic carbocycles. The van der Waals surface area contributed by atoms with Gasteiger partial charge in [0.25, 0.3) is 0 Å². The molecular formula is C23H13NO. The Morgan fingerprint density at radius 2 is 1.24 bits per heavy atom. The predicted molar refractivity (Wildman–Crippen MR) is 102 cm³/mol. The number of aromatic amines is 1. The normalized spacial score (nSPS) is 12.9. The van der Waals surface area contributed by atoms with Crippen LogP contribution in [0.1, 0.15) is 15.9 Å². The number of fused-ring (bicyclic) bond motifs is 10. The molecule has 116 valence electrons. The van der Waals surface area contributed by atoms with Crippen LogP contribution in [0.25, 0.3) is 43.7 Å². The Kier molecular flexibility index (Phi) is 2.26. The molecule has 1 N–H and O–H groups in total. The van der Waals surface area contributed by atoms with Crippen LogP contribution in [0.5, 0.6) is 0 Å². The van der Waals surface area contributed by atoms with Gasteiger partial charge in [0.05, 0.1) is 11.1 Å². The summed E-state index contributed by atoms with van der Waals surface area (Å²) in [4.78, 5) is 16.7. The van der Waals surface area contributed by atoms with Crippen LogP contribution < -0.4 is 0 Å². The smallest absolute Gasteiger partial charge is 0.196 e. The number of ketones is 1. The van der Waals surface area contributed by atoms with Crippen molar-refractivity contribution in [3.05, 3.63) is 83.9 Å². The molecule has 6 rings (SSSR count). The Balaban J connectivity index is 1.98. The molecule has 5 aromatic rings. The lowest BCUT2D eigenvalue weighted by atomic mass is 9.94. The number of para-hydroxylation sites is 1. The van der Waals surface area contributed by atoms with E-state index in [1.807, 2.05) is 30.3 Å². The molecule has 2 nitrogen and oxygen atoms in total. The number of aromatic nitrogens is 1. The van der Waals surface area contributed by atoms with Crippen LogP contribution in [-0.2, 0) is 0 Å². The number of H-pyrrole nitrogens is 1. The summed E-state index contributed by atoms with van der Waals surface area (Å²) in [6.45, 7) is 0. The Morgan fingerprint density at radius 1 is 0.600 bits per heavy atom.